The zero-order chi connectivity index (χ0) is 25.0. The number of hydrogen-bond acceptors (Lipinski definition) is 7. The van der Waals surface area contributed by atoms with Crippen molar-refractivity contribution in [2.45, 2.75) is 38.8 Å². The van der Waals surface area contributed by atoms with Gasteiger partial charge in [0.15, 0.2) is 5.78 Å². The molecule has 3 rings (SSSR count). The molecule has 0 aliphatic rings. The summed E-state index contributed by atoms with van der Waals surface area (Å²) in [5, 5.41) is 0. The molecule has 0 saturated carbocycles. The van der Waals surface area contributed by atoms with Gasteiger partial charge in [0, 0.05) is 17.8 Å². The molecule has 0 aliphatic heterocycles. The SMILES string of the molecule is CCn1c(C)c(C(=O)CN(Cc2ccco2)S(=O)(=O)c2ccc(OC)cc2)c(C)c1C(=O)OC. The molecule has 0 aliphatic carbocycles. The third kappa shape index (κ3) is 4.78. The molecule has 0 radical (unpaired) electrons. The summed E-state index contributed by atoms with van der Waals surface area (Å²) in [6.07, 6.45) is 1.44. The number of ketones is 1. The third-order valence-corrected chi connectivity index (χ3v) is 7.48. The minimum atomic E-state index is -4.06. The van der Waals surface area contributed by atoms with E-state index in [1.807, 2.05) is 6.92 Å². The van der Waals surface area contributed by atoms with Crippen LogP contribution in [-0.4, -0.2) is 49.8 Å². The van der Waals surface area contributed by atoms with E-state index in [9.17, 15) is 18.0 Å². The molecule has 182 valence electrons. The normalized spacial score (nSPS) is 11.6. The average Bonchev–Trinajstić information content (AvgIpc) is 3.43. The molecule has 0 bridgehead atoms. The van der Waals surface area contributed by atoms with Crippen molar-refractivity contribution >= 4 is 21.8 Å². The molecule has 0 fully saturated rings. The Morgan fingerprint density at radius 1 is 1.09 bits per heavy atom. The van der Waals surface area contributed by atoms with Gasteiger partial charge < -0.3 is 18.5 Å². The van der Waals surface area contributed by atoms with Crippen LogP contribution >= 0.6 is 0 Å². The molecule has 9 nitrogen and oxygen atoms in total. The molecular weight excluding hydrogens is 460 g/mol. The van der Waals surface area contributed by atoms with E-state index in [4.69, 9.17) is 13.9 Å². The maximum absolute atomic E-state index is 13.5. The summed E-state index contributed by atoms with van der Waals surface area (Å²) in [5.41, 5.74) is 1.61. The van der Waals surface area contributed by atoms with Crippen LogP contribution in [0.1, 0.15) is 44.8 Å². The monoisotopic (exact) mass is 488 g/mol. The van der Waals surface area contributed by atoms with Gasteiger partial charge in [0.25, 0.3) is 0 Å². The first kappa shape index (κ1) is 25.3. The predicted octanol–water partition coefficient (Wildman–Crippen LogP) is 3.59. The van der Waals surface area contributed by atoms with Crippen molar-refractivity contribution in [3.8, 4) is 5.75 Å². The highest BCUT2D eigenvalue weighted by atomic mass is 32.2. The van der Waals surface area contributed by atoms with Gasteiger partial charge in [-0.05, 0) is 62.7 Å². The van der Waals surface area contributed by atoms with Crippen molar-refractivity contribution in [1.82, 2.24) is 8.87 Å². The van der Waals surface area contributed by atoms with Gasteiger partial charge in [0.05, 0.1) is 38.5 Å². The number of hydrogen-bond donors (Lipinski definition) is 0. The quantitative estimate of drug-likeness (QED) is 0.317. The number of esters is 1. The first-order valence-corrected chi connectivity index (χ1v) is 12.1. The van der Waals surface area contributed by atoms with E-state index in [2.05, 4.69) is 0 Å². The van der Waals surface area contributed by atoms with E-state index in [1.54, 1.807) is 30.5 Å². The fourth-order valence-electron chi connectivity index (χ4n) is 4.00. The summed E-state index contributed by atoms with van der Waals surface area (Å²) in [4.78, 5) is 25.8. The van der Waals surface area contributed by atoms with E-state index in [-0.39, 0.29) is 17.1 Å². The number of furan rings is 1. The lowest BCUT2D eigenvalue weighted by molar-refractivity contribution is 0.0587. The Bertz CT molecular complexity index is 1270. The Balaban J connectivity index is 2.03. The highest BCUT2D eigenvalue weighted by Gasteiger charge is 2.32. The molecule has 1 aromatic carbocycles. The Hall–Kier alpha value is -3.37. The van der Waals surface area contributed by atoms with Crippen LogP contribution in [-0.2, 0) is 27.8 Å². The fourth-order valence-corrected chi connectivity index (χ4v) is 5.36. The van der Waals surface area contributed by atoms with Crippen LogP contribution in [0.3, 0.4) is 0 Å². The molecule has 0 atom stereocenters. The number of nitrogens with zero attached hydrogens (tertiary/aromatic N) is 2. The van der Waals surface area contributed by atoms with Crippen molar-refractivity contribution in [1.29, 1.82) is 0 Å². The van der Waals surface area contributed by atoms with Gasteiger partial charge in [-0.3, -0.25) is 4.79 Å². The molecule has 0 N–H and O–H groups in total. The van der Waals surface area contributed by atoms with Crippen LogP contribution in [0.15, 0.2) is 52.0 Å². The van der Waals surface area contributed by atoms with Gasteiger partial charge in [0.1, 0.15) is 17.2 Å². The van der Waals surface area contributed by atoms with Crippen LogP contribution < -0.4 is 4.74 Å². The second kappa shape index (κ2) is 10.3. The predicted molar refractivity (Wildman–Crippen MR) is 125 cm³/mol. The lowest BCUT2D eigenvalue weighted by Gasteiger charge is -2.21. The Morgan fingerprint density at radius 3 is 2.29 bits per heavy atom. The van der Waals surface area contributed by atoms with E-state index >= 15 is 0 Å². The summed E-state index contributed by atoms with van der Waals surface area (Å²) in [5.74, 6) is -0.0920. The van der Waals surface area contributed by atoms with Crippen molar-refractivity contribution < 1.29 is 31.9 Å². The Labute approximate surface area is 198 Å². The smallest absolute Gasteiger partial charge is 0.354 e. The summed E-state index contributed by atoms with van der Waals surface area (Å²) in [6.45, 7) is 5.11. The maximum Gasteiger partial charge on any atom is 0.354 e. The molecular formula is C24H28N2O7S. The van der Waals surface area contributed by atoms with Crippen LogP contribution in [0.2, 0.25) is 0 Å². The fraction of sp³-hybridized carbons (Fsp3) is 0.333. The summed E-state index contributed by atoms with van der Waals surface area (Å²) < 4.78 is 45.1. The van der Waals surface area contributed by atoms with E-state index in [1.165, 1.54) is 44.7 Å². The minimum Gasteiger partial charge on any atom is -0.497 e. The topological polar surface area (TPSA) is 108 Å². The molecule has 0 saturated heterocycles. The molecule has 34 heavy (non-hydrogen) atoms. The average molecular weight is 489 g/mol. The second-order valence-corrected chi connectivity index (χ2v) is 9.56. The summed E-state index contributed by atoms with van der Waals surface area (Å²) in [7, 11) is -1.30. The van der Waals surface area contributed by atoms with Gasteiger partial charge in [-0.1, -0.05) is 0 Å². The van der Waals surface area contributed by atoms with Gasteiger partial charge in [-0.15, -0.1) is 0 Å². The molecule has 2 heterocycles. The zero-order valence-corrected chi connectivity index (χ0v) is 20.6. The van der Waals surface area contributed by atoms with Crippen molar-refractivity contribution in [3.05, 3.63) is 70.9 Å². The molecule has 0 amide bonds. The minimum absolute atomic E-state index is 0.0162. The number of aromatic nitrogens is 1. The first-order valence-electron chi connectivity index (χ1n) is 10.6. The van der Waals surface area contributed by atoms with Gasteiger partial charge in [-0.25, -0.2) is 13.2 Å². The third-order valence-electron chi connectivity index (χ3n) is 5.67. The number of rotatable bonds is 10. The number of Topliss-reactive ketones (excluding diaryl/α,β-unsaturated/α-hetero) is 1. The van der Waals surface area contributed by atoms with Gasteiger partial charge in [0.2, 0.25) is 10.0 Å². The number of carbonyl (C=O) groups excluding carboxylic acids is 2. The molecule has 3 aromatic rings. The zero-order valence-electron chi connectivity index (χ0n) is 19.8. The lowest BCUT2D eigenvalue weighted by Crippen LogP contribution is -2.35. The molecule has 2 aromatic heterocycles. The van der Waals surface area contributed by atoms with Crippen LogP contribution in [0, 0.1) is 13.8 Å². The van der Waals surface area contributed by atoms with Crippen LogP contribution in [0.25, 0.3) is 0 Å². The number of sulfonamides is 1. The van der Waals surface area contributed by atoms with Gasteiger partial charge in [-0.2, -0.15) is 4.31 Å². The van der Waals surface area contributed by atoms with E-state index in [0.29, 0.717) is 34.9 Å². The number of ether oxygens (including phenoxy) is 2. The lowest BCUT2D eigenvalue weighted by atomic mass is 10.1. The van der Waals surface area contributed by atoms with Crippen LogP contribution in [0.4, 0.5) is 0 Å². The maximum atomic E-state index is 13.5. The summed E-state index contributed by atoms with van der Waals surface area (Å²) in [6, 6.07) is 9.21. The molecule has 10 heteroatoms. The molecule has 0 unspecified atom stereocenters. The number of benzene rings is 1. The van der Waals surface area contributed by atoms with Crippen LogP contribution in [0.5, 0.6) is 5.75 Å². The number of methoxy groups -OCH3 is 2. The van der Waals surface area contributed by atoms with Gasteiger partial charge >= 0.3 is 5.97 Å². The number of carbonyl (C=O) groups is 2. The molecule has 0 spiro atoms. The summed E-state index contributed by atoms with van der Waals surface area (Å²) >= 11 is 0. The second-order valence-electron chi connectivity index (χ2n) is 7.62. The van der Waals surface area contributed by atoms with Crippen molar-refractivity contribution in [2.24, 2.45) is 0 Å². The van der Waals surface area contributed by atoms with E-state index < -0.39 is 28.3 Å². The first-order chi connectivity index (χ1) is 16.1. The van der Waals surface area contributed by atoms with E-state index in [0.717, 1.165) is 4.31 Å². The Morgan fingerprint density at radius 2 is 1.76 bits per heavy atom. The highest BCUT2D eigenvalue weighted by Crippen LogP contribution is 2.26. The Kier molecular flexibility index (Phi) is 7.63. The highest BCUT2D eigenvalue weighted by molar-refractivity contribution is 7.89. The van der Waals surface area contributed by atoms with Crippen molar-refractivity contribution in [3.63, 3.8) is 0 Å². The largest absolute Gasteiger partial charge is 0.497 e. The van der Waals surface area contributed by atoms with Crippen molar-refractivity contribution in [2.75, 3.05) is 20.8 Å². The standard InChI is InChI=1S/C24H28N2O7S/c1-6-26-17(3)22(16(2)23(26)24(28)32-5)21(27)15-25(14-19-8-7-13-33-19)34(29,30)20-11-9-18(31-4)10-12-20/h7-13H,6,14-15H2,1-5H3.